The first-order valence-corrected chi connectivity index (χ1v) is 6.88. The number of rotatable bonds is 3. The van der Waals surface area contributed by atoms with Crippen LogP contribution in [0.3, 0.4) is 0 Å². The highest BCUT2D eigenvalue weighted by Gasteiger charge is 2.24. The quantitative estimate of drug-likeness (QED) is 0.857. The largest absolute Gasteiger partial charge is 0.369 e. The molecule has 0 spiro atoms. The van der Waals surface area contributed by atoms with Crippen molar-refractivity contribution in [1.82, 2.24) is 5.32 Å². The second kappa shape index (κ2) is 4.69. The van der Waals surface area contributed by atoms with Gasteiger partial charge in [-0.05, 0) is 43.7 Å². The van der Waals surface area contributed by atoms with E-state index in [1.54, 1.807) is 5.56 Å². The number of benzene rings is 1. The highest BCUT2D eigenvalue weighted by molar-refractivity contribution is 5.55. The van der Waals surface area contributed by atoms with Gasteiger partial charge in [0.2, 0.25) is 0 Å². The highest BCUT2D eigenvalue weighted by Crippen LogP contribution is 2.35. The second-order valence-corrected chi connectivity index (χ2v) is 5.52. The molecule has 2 nitrogen and oxygen atoms in total. The number of piperazine rings is 1. The van der Waals surface area contributed by atoms with Gasteiger partial charge in [-0.3, -0.25) is 0 Å². The fourth-order valence-corrected chi connectivity index (χ4v) is 2.73. The van der Waals surface area contributed by atoms with Gasteiger partial charge in [-0.25, -0.2) is 0 Å². The summed E-state index contributed by atoms with van der Waals surface area (Å²) in [5.74, 6) is 0.971. The molecular weight excluding hydrogens is 208 g/mol. The highest BCUT2D eigenvalue weighted by atomic mass is 15.2. The molecule has 0 unspecified atom stereocenters. The van der Waals surface area contributed by atoms with Crippen molar-refractivity contribution in [1.29, 1.82) is 0 Å². The van der Waals surface area contributed by atoms with Crippen LogP contribution in [0.25, 0.3) is 0 Å². The van der Waals surface area contributed by atoms with Gasteiger partial charge in [0.15, 0.2) is 0 Å². The minimum atomic E-state index is 0.971. The van der Waals surface area contributed by atoms with Gasteiger partial charge in [-0.2, -0.15) is 0 Å². The van der Waals surface area contributed by atoms with Crippen LogP contribution in [0.5, 0.6) is 0 Å². The first-order valence-electron chi connectivity index (χ1n) is 6.88. The molecule has 17 heavy (non-hydrogen) atoms. The van der Waals surface area contributed by atoms with Crippen molar-refractivity contribution in [3.8, 4) is 0 Å². The molecule has 1 aliphatic heterocycles. The fourth-order valence-electron chi connectivity index (χ4n) is 2.73. The number of aryl methyl sites for hydroxylation is 1. The molecule has 2 fully saturated rings. The number of hydrogen-bond acceptors (Lipinski definition) is 2. The van der Waals surface area contributed by atoms with E-state index in [2.05, 4.69) is 35.3 Å². The van der Waals surface area contributed by atoms with Crippen molar-refractivity contribution < 1.29 is 0 Å². The fraction of sp³-hybridized carbons (Fsp3) is 0.600. The third-order valence-corrected chi connectivity index (χ3v) is 3.90. The van der Waals surface area contributed by atoms with E-state index < -0.39 is 0 Å². The summed E-state index contributed by atoms with van der Waals surface area (Å²) >= 11 is 0. The van der Waals surface area contributed by atoms with Crippen LogP contribution >= 0.6 is 0 Å². The summed E-state index contributed by atoms with van der Waals surface area (Å²) in [7, 11) is 0. The molecule has 1 aromatic rings. The molecule has 1 aliphatic carbocycles. The van der Waals surface area contributed by atoms with E-state index in [0.717, 1.165) is 32.1 Å². The Morgan fingerprint density at radius 1 is 1.24 bits per heavy atom. The van der Waals surface area contributed by atoms with E-state index in [1.807, 2.05) is 0 Å². The third kappa shape index (κ3) is 2.63. The van der Waals surface area contributed by atoms with Gasteiger partial charge in [0, 0.05) is 31.9 Å². The molecule has 0 atom stereocenters. The summed E-state index contributed by atoms with van der Waals surface area (Å²) in [5, 5.41) is 3.43. The Labute approximate surface area is 104 Å². The molecule has 2 heteroatoms. The lowest BCUT2D eigenvalue weighted by Crippen LogP contribution is -2.43. The van der Waals surface area contributed by atoms with Crippen LogP contribution in [0.1, 0.15) is 24.0 Å². The molecule has 0 bridgehead atoms. The van der Waals surface area contributed by atoms with Crippen molar-refractivity contribution in [2.75, 3.05) is 31.1 Å². The van der Waals surface area contributed by atoms with E-state index in [1.165, 1.54) is 30.5 Å². The zero-order chi connectivity index (χ0) is 11.7. The molecule has 0 aromatic heterocycles. The first-order chi connectivity index (χ1) is 8.33. The van der Waals surface area contributed by atoms with Crippen LogP contribution in [-0.4, -0.2) is 26.2 Å². The molecule has 3 rings (SSSR count). The summed E-state index contributed by atoms with van der Waals surface area (Å²) in [6.45, 7) is 6.76. The van der Waals surface area contributed by atoms with Crippen LogP contribution in [0.4, 0.5) is 5.69 Å². The summed E-state index contributed by atoms with van der Waals surface area (Å²) in [4.78, 5) is 2.55. The molecule has 1 saturated carbocycles. The molecule has 0 radical (unpaired) electrons. The molecule has 1 aromatic carbocycles. The van der Waals surface area contributed by atoms with E-state index in [-0.39, 0.29) is 0 Å². The Balaban J connectivity index is 1.84. The molecule has 1 N–H and O–H groups in total. The smallest absolute Gasteiger partial charge is 0.0399 e. The first kappa shape index (κ1) is 11.1. The summed E-state index contributed by atoms with van der Waals surface area (Å²) in [5.41, 5.74) is 4.47. The predicted molar refractivity (Wildman–Crippen MR) is 72.7 cm³/mol. The lowest BCUT2D eigenvalue weighted by Gasteiger charge is -2.31. The maximum Gasteiger partial charge on any atom is 0.0399 e. The summed E-state index contributed by atoms with van der Waals surface area (Å²) in [6.07, 6.45) is 4.17. The topological polar surface area (TPSA) is 15.3 Å². The zero-order valence-electron chi connectivity index (χ0n) is 10.7. The van der Waals surface area contributed by atoms with Gasteiger partial charge in [0.05, 0.1) is 0 Å². The van der Waals surface area contributed by atoms with Gasteiger partial charge in [0.25, 0.3) is 0 Å². The molecule has 1 heterocycles. The van der Waals surface area contributed by atoms with E-state index in [9.17, 15) is 0 Å². The average Bonchev–Trinajstić information content (AvgIpc) is 3.14. The SMILES string of the molecule is Cc1ccc(N2CCNCC2)c(CC2CC2)c1. The number of nitrogens with one attached hydrogen (secondary N) is 1. The Morgan fingerprint density at radius 2 is 2.00 bits per heavy atom. The van der Waals surface area contributed by atoms with Crippen LogP contribution < -0.4 is 10.2 Å². The maximum atomic E-state index is 3.43. The van der Waals surface area contributed by atoms with Crippen molar-refractivity contribution >= 4 is 5.69 Å². The molecule has 92 valence electrons. The molecule has 0 amide bonds. The molecule has 1 saturated heterocycles. The standard InChI is InChI=1S/C15H22N2/c1-12-2-5-15(17-8-6-16-7-9-17)14(10-12)11-13-3-4-13/h2,5,10,13,16H,3-4,6-9,11H2,1H3. The van der Waals surface area contributed by atoms with E-state index in [4.69, 9.17) is 0 Å². The molecule has 2 aliphatic rings. The Bertz CT molecular complexity index is 390. The number of nitrogens with zero attached hydrogens (tertiary/aromatic N) is 1. The van der Waals surface area contributed by atoms with Crippen LogP contribution in [-0.2, 0) is 6.42 Å². The number of hydrogen-bond donors (Lipinski definition) is 1. The minimum Gasteiger partial charge on any atom is -0.369 e. The van der Waals surface area contributed by atoms with Gasteiger partial charge in [-0.1, -0.05) is 17.7 Å². The van der Waals surface area contributed by atoms with Crippen molar-refractivity contribution in [2.24, 2.45) is 5.92 Å². The Morgan fingerprint density at radius 3 is 2.71 bits per heavy atom. The van der Waals surface area contributed by atoms with Crippen LogP contribution in [0, 0.1) is 12.8 Å². The van der Waals surface area contributed by atoms with Crippen LogP contribution in [0.15, 0.2) is 18.2 Å². The van der Waals surface area contributed by atoms with Gasteiger partial charge in [-0.15, -0.1) is 0 Å². The van der Waals surface area contributed by atoms with Gasteiger partial charge < -0.3 is 10.2 Å². The lowest BCUT2D eigenvalue weighted by molar-refractivity contribution is 0.587. The average molecular weight is 230 g/mol. The van der Waals surface area contributed by atoms with Crippen molar-refractivity contribution in [3.63, 3.8) is 0 Å². The normalized spacial score (nSPS) is 20.6. The molecular formula is C15H22N2. The Hall–Kier alpha value is -1.02. The summed E-state index contributed by atoms with van der Waals surface area (Å²) in [6, 6.07) is 6.99. The third-order valence-electron chi connectivity index (χ3n) is 3.90. The number of anilines is 1. The lowest BCUT2D eigenvalue weighted by atomic mass is 10.0. The van der Waals surface area contributed by atoms with E-state index >= 15 is 0 Å². The Kier molecular flexibility index (Phi) is 3.06. The van der Waals surface area contributed by atoms with Gasteiger partial charge >= 0.3 is 0 Å². The van der Waals surface area contributed by atoms with Crippen molar-refractivity contribution in [2.45, 2.75) is 26.2 Å². The minimum absolute atomic E-state index is 0.971. The summed E-state index contributed by atoms with van der Waals surface area (Å²) < 4.78 is 0. The van der Waals surface area contributed by atoms with Crippen LogP contribution in [0.2, 0.25) is 0 Å². The predicted octanol–water partition coefficient (Wildman–Crippen LogP) is 2.36. The monoisotopic (exact) mass is 230 g/mol. The van der Waals surface area contributed by atoms with E-state index in [0.29, 0.717) is 0 Å². The maximum absolute atomic E-state index is 3.43. The van der Waals surface area contributed by atoms with Gasteiger partial charge in [0.1, 0.15) is 0 Å². The second-order valence-electron chi connectivity index (χ2n) is 5.52. The van der Waals surface area contributed by atoms with Crippen molar-refractivity contribution in [3.05, 3.63) is 29.3 Å². The zero-order valence-corrected chi connectivity index (χ0v) is 10.7.